The van der Waals surface area contributed by atoms with Crippen LogP contribution in [0.25, 0.3) is 0 Å². The Morgan fingerprint density at radius 1 is 0.968 bits per heavy atom. The molecule has 1 fully saturated rings. The molecule has 0 aliphatic carbocycles. The van der Waals surface area contributed by atoms with Crippen LogP contribution in [0.15, 0.2) is 72.8 Å². The van der Waals surface area contributed by atoms with Gasteiger partial charge in [-0.1, -0.05) is 36.4 Å². The number of methoxy groups -OCH3 is 1. The molecule has 0 radical (unpaired) electrons. The minimum Gasteiger partial charge on any atom is -0.465 e. The van der Waals surface area contributed by atoms with Crippen molar-refractivity contribution in [1.29, 1.82) is 0 Å². The monoisotopic (exact) mass is 416 g/mol. The Hall–Kier alpha value is -3.51. The van der Waals surface area contributed by atoms with Crippen molar-refractivity contribution in [2.75, 3.05) is 49.2 Å². The smallest absolute Gasteiger partial charge is 0.337 e. The first-order valence-electron chi connectivity index (χ1n) is 10.5. The van der Waals surface area contributed by atoms with E-state index in [-0.39, 0.29) is 0 Å². The topological polar surface area (TPSA) is 70.8 Å². The molecule has 0 spiro atoms. The van der Waals surface area contributed by atoms with Gasteiger partial charge in [-0.15, -0.1) is 0 Å². The van der Waals surface area contributed by atoms with Crippen LogP contribution in [0.4, 0.5) is 22.7 Å². The number of nitrogens with two attached hydrogens (primary N) is 1. The second kappa shape index (κ2) is 9.53. The van der Waals surface area contributed by atoms with Gasteiger partial charge in [0.25, 0.3) is 0 Å². The lowest BCUT2D eigenvalue weighted by Gasteiger charge is -2.36. The first-order valence-corrected chi connectivity index (χ1v) is 10.5. The van der Waals surface area contributed by atoms with Crippen molar-refractivity contribution in [2.24, 2.45) is 0 Å². The van der Waals surface area contributed by atoms with Crippen LogP contribution in [0.3, 0.4) is 0 Å². The standard InChI is InChI=1S/C25H28N4O2/c1-31-25(30)20-10-11-24(23(26)16-20)27-21-8-5-9-22(17-21)29-14-12-28(13-15-29)18-19-6-3-2-4-7-19/h2-11,16-17,27H,12-15,18,26H2,1H3. The number of hydrogen-bond acceptors (Lipinski definition) is 6. The Kier molecular flexibility index (Phi) is 6.38. The van der Waals surface area contributed by atoms with Crippen molar-refractivity contribution in [3.63, 3.8) is 0 Å². The third-order valence-corrected chi connectivity index (χ3v) is 5.58. The van der Waals surface area contributed by atoms with E-state index in [4.69, 9.17) is 10.5 Å². The van der Waals surface area contributed by atoms with E-state index in [0.29, 0.717) is 11.3 Å². The van der Waals surface area contributed by atoms with Gasteiger partial charge >= 0.3 is 5.97 Å². The van der Waals surface area contributed by atoms with Crippen LogP contribution in [-0.2, 0) is 11.3 Å². The Morgan fingerprint density at radius 2 is 1.74 bits per heavy atom. The van der Waals surface area contributed by atoms with Crippen LogP contribution in [-0.4, -0.2) is 44.2 Å². The van der Waals surface area contributed by atoms with Crippen LogP contribution in [0, 0.1) is 0 Å². The minimum atomic E-state index is -0.397. The van der Waals surface area contributed by atoms with E-state index >= 15 is 0 Å². The van der Waals surface area contributed by atoms with Crippen LogP contribution in [0.1, 0.15) is 15.9 Å². The Bertz CT molecular complexity index is 1030. The lowest BCUT2D eigenvalue weighted by atomic mass is 10.1. The highest BCUT2D eigenvalue weighted by atomic mass is 16.5. The summed E-state index contributed by atoms with van der Waals surface area (Å²) < 4.78 is 4.75. The predicted molar refractivity (Wildman–Crippen MR) is 126 cm³/mol. The second-order valence-electron chi connectivity index (χ2n) is 7.72. The van der Waals surface area contributed by atoms with Crippen LogP contribution in [0.5, 0.6) is 0 Å². The summed E-state index contributed by atoms with van der Waals surface area (Å²) in [4.78, 5) is 16.6. The van der Waals surface area contributed by atoms with Crippen molar-refractivity contribution >= 4 is 28.7 Å². The van der Waals surface area contributed by atoms with E-state index in [2.05, 4.69) is 57.6 Å². The molecule has 160 valence electrons. The van der Waals surface area contributed by atoms with Gasteiger partial charge in [0.15, 0.2) is 0 Å². The average Bonchev–Trinajstić information content (AvgIpc) is 2.81. The molecule has 6 nitrogen and oxygen atoms in total. The molecule has 1 heterocycles. The summed E-state index contributed by atoms with van der Waals surface area (Å²) in [6.07, 6.45) is 0. The number of hydrogen-bond donors (Lipinski definition) is 2. The maximum atomic E-state index is 11.7. The fraction of sp³-hybridized carbons (Fsp3) is 0.240. The molecule has 1 aliphatic rings. The van der Waals surface area contributed by atoms with E-state index in [1.165, 1.54) is 18.4 Å². The number of carbonyl (C=O) groups is 1. The van der Waals surface area contributed by atoms with E-state index in [0.717, 1.165) is 44.1 Å². The molecule has 31 heavy (non-hydrogen) atoms. The first-order chi connectivity index (χ1) is 15.1. The number of benzene rings is 3. The molecule has 0 bridgehead atoms. The van der Waals surface area contributed by atoms with Gasteiger partial charge in [-0.2, -0.15) is 0 Å². The number of carbonyl (C=O) groups excluding carboxylic acids is 1. The van der Waals surface area contributed by atoms with Gasteiger partial charge < -0.3 is 20.7 Å². The normalized spacial score (nSPS) is 14.3. The lowest BCUT2D eigenvalue weighted by molar-refractivity contribution is 0.0601. The molecular formula is C25H28N4O2. The maximum absolute atomic E-state index is 11.7. The Morgan fingerprint density at radius 3 is 2.45 bits per heavy atom. The van der Waals surface area contributed by atoms with Gasteiger partial charge in [0, 0.05) is 44.1 Å². The fourth-order valence-electron chi connectivity index (χ4n) is 3.86. The van der Waals surface area contributed by atoms with E-state index in [9.17, 15) is 4.79 Å². The van der Waals surface area contributed by atoms with E-state index < -0.39 is 5.97 Å². The summed E-state index contributed by atoms with van der Waals surface area (Å²) >= 11 is 0. The van der Waals surface area contributed by atoms with Crippen molar-refractivity contribution in [2.45, 2.75) is 6.54 Å². The van der Waals surface area contributed by atoms with Gasteiger partial charge in [-0.05, 0) is 42.0 Å². The van der Waals surface area contributed by atoms with Crippen molar-refractivity contribution < 1.29 is 9.53 Å². The van der Waals surface area contributed by atoms with Crippen molar-refractivity contribution in [3.8, 4) is 0 Å². The molecule has 0 saturated carbocycles. The highest BCUT2D eigenvalue weighted by molar-refractivity contribution is 5.92. The highest BCUT2D eigenvalue weighted by Gasteiger charge is 2.17. The zero-order chi connectivity index (χ0) is 21.6. The molecule has 1 aliphatic heterocycles. The number of nitrogen functional groups attached to an aromatic ring is 1. The maximum Gasteiger partial charge on any atom is 0.337 e. The molecule has 0 aromatic heterocycles. The number of nitrogens with one attached hydrogen (secondary N) is 1. The number of nitrogens with zero attached hydrogens (tertiary/aromatic N) is 2. The third-order valence-electron chi connectivity index (χ3n) is 5.58. The Labute approximate surface area is 183 Å². The predicted octanol–water partition coefficient (Wildman–Crippen LogP) is 4.12. The summed E-state index contributed by atoms with van der Waals surface area (Å²) in [6.45, 7) is 5.05. The zero-order valence-corrected chi connectivity index (χ0v) is 17.8. The molecule has 3 aromatic carbocycles. The van der Waals surface area contributed by atoms with Gasteiger partial charge in [-0.3, -0.25) is 4.90 Å². The zero-order valence-electron chi connectivity index (χ0n) is 17.8. The fourth-order valence-corrected chi connectivity index (χ4v) is 3.86. The third kappa shape index (κ3) is 5.16. The van der Waals surface area contributed by atoms with Crippen LogP contribution < -0.4 is 16.0 Å². The summed E-state index contributed by atoms with van der Waals surface area (Å²) in [5.74, 6) is -0.397. The van der Waals surface area contributed by atoms with Gasteiger partial charge in [0.2, 0.25) is 0 Å². The van der Waals surface area contributed by atoms with E-state index in [1.807, 2.05) is 12.1 Å². The van der Waals surface area contributed by atoms with Gasteiger partial charge in [0.05, 0.1) is 24.0 Å². The summed E-state index contributed by atoms with van der Waals surface area (Å²) in [5.41, 5.74) is 11.3. The van der Waals surface area contributed by atoms with Crippen LogP contribution >= 0.6 is 0 Å². The molecular weight excluding hydrogens is 388 g/mol. The molecule has 4 rings (SSSR count). The molecule has 3 aromatic rings. The Balaban J connectivity index is 1.38. The van der Waals surface area contributed by atoms with E-state index in [1.54, 1.807) is 18.2 Å². The summed E-state index contributed by atoms with van der Waals surface area (Å²) in [7, 11) is 1.36. The van der Waals surface area contributed by atoms with Crippen LogP contribution in [0.2, 0.25) is 0 Å². The lowest BCUT2D eigenvalue weighted by Crippen LogP contribution is -2.45. The highest BCUT2D eigenvalue weighted by Crippen LogP contribution is 2.27. The summed E-state index contributed by atoms with van der Waals surface area (Å²) in [5, 5.41) is 3.36. The first kappa shape index (κ1) is 20.8. The average molecular weight is 417 g/mol. The number of esters is 1. The molecule has 0 atom stereocenters. The minimum absolute atomic E-state index is 0.397. The molecule has 0 amide bonds. The second-order valence-corrected chi connectivity index (χ2v) is 7.72. The molecule has 0 unspecified atom stereocenters. The van der Waals surface area contributed by atoms with Crippen molar-refractivity contribution in [1.82, 2.24) is 4.90 Å². The number of ether oxygens (including phenoxy) is 1. The van der Waals surface area contributed by atoms with Gasteiger partial charge in [-0.25, -0.2) is 4.79 Å². The molecule has 1 saturated heterocycles. The SMILES string of the molecule is COC(=O)c1ccc(Nc2cccc(N3CCN(Cc4ccccc4)CC3)c2)c(N)c1. The molecule has 6 heteroatoms. The summed E-state index contributed by atoms with van der Waals surface area (Å²) in [6, 6.07) is 24.1. The number of piperazine rings is 1. The number of anilines is 4. The van der Waals surface area contributed by atoms with Crippen molar-refractivity contribution in [3.05, 3.63) is 83.9 Å². The number of rotatable bonds is 6. The quantitative estimate of drug-likeness (QED) is 0.465. The van der Waals surface area contributed by atoms with Gasteiger partial charge in [0.1, 0.15) is 0 Å². The largest absolute Gasteiger partial charge is 0.465 e. The molecule has 3 N–H and O–H groups in total.